The van der Waals surface area contributed by atoms with Crippen molar-refractivity contribution in [1.82, 2.24) is 4.57 Å². The summed E-state index contributed by atoms with van der Waals surface area (Å²) >= 11 is 1.36. The molecule has 2 aromatic rings. The molecule has 1 atom stereocenters. The van der Waals surface area contributed by atoms with Crippen LogP contribution in [-0.2, 0) is 0 Å². The monoisotopic (exact) mass is 345 g/mol. The van der Waals surface area contributed by atoms with Gasteiger partial charge in [0, 0.05) is 29.3 Å². The number of non-ortho nitro benzene ring substituents is 1. The Balaban J connectivity index is 2.20. The Morgan fingerprint density at radius 1 is 1.17 bits per heavy atom. The number of carbonyl (C=O) groups is 1. The number of benzene rings is 1. The summed E-state index contributed by atoms with van der Waals surface area (Å²) in [5.74, 6) is -0.0849. The number of nitro groups is 1. The number of hydrogen-bond acceptors (Lipinski definition) is 5. The summed E-state index contributed by atoms with van der Waals surface area (Å²) in [7, 11) is 0. The fourth-order valence-electron chi connectivity index (χ4n) is 2.09. The van der Waals surface area contributed by atoms with Gasteiger partial charge in [-0.3, -0.25) is 24.5 Å². The average molecular weight is 345 g/mol. The van der Waals surface area contributed by atoms with Gasteiger partial charge in [0.2, 0.25) is 5.91 Å². The molecule has 24 heavy (non-hydrogen) atoms. The van der Waals surface area contributed by atoms with Gasteiger partial charge in [0.25, 0.3) is 5.69 Å². The first-order valence-electron chi connectivity index (χ1n) is 7.55. The predicted molar refractivity (Wildman–Crippen MR) is 94.2 cm³/mol. The first-order valence-corrected chi connectivity index (χ1v) is 8.43. The molecule has 0 aliphatic carbocycles. The second-order valence-corrected chi connectivity index (χ2v) is 6.92. The van der Waals surface area contributed by atoms with E-state index < -0.39 is 4.92 Å². The third-order valence-electron chi connectivity index (χ3n) is 3.17. The van der Waals surface area contributed by atoms with Gasteiger partial charge in [0.1, 0.15) is 5.49 Å². The van der Waals surface area contributed by atoms with Crippen molar-refractivity contribution in [3.05, 3.63) is 64.3 Å². The highest BCUT2D eigenvalue weighted by atomic mass is 32.2. The van der Waals surface area contributed by atoms with Crippen LogP contribution in [0.15, 0.2) is 58.5 Å². The van der Waals surface area contributed by atoms with E-state index in [0.29, 0.717) is 5.49 Å². The van der Waals surface area contributed by atoms with Gasteiger partial charge in [-0.05, 0) is 45.0 Å². The van der Waals surface area contributed by atoms with Gasteiger partial charge >= 0.3 is 0 Å². The van der Waals surface area contributed by atoms with Gasteiger partial charge in [-0.25, -0.2) is 0 Å². The van der Waals surface area contributed by atoms with Crippen molar-refractivity contribution in [2.75, 3.05) is 0 Å². The number of hydrogen-bond donors (Lipinski definition) is 0. The van der Waals surface area contributed by atoms with Gasteiger partial charge in [-0.2, -0.15) is 0 Å². The molecule has 1 unspecified atom stereocenters. The molecule has 0 amide bonds. The molecular formula is C17H19N3O3S. The molecule has 2 rings (SSSR count). The lowest BCUT2D eigenvalue weighted by Gasteiger charge is -2.13. The molecule has 0 spiro atoms. The number of rotatable bonds is 5. The van der Waals surface area contributed by atoms with E-state index in [1.54, 1.807) is 35.0 Å². The summed E-state index contributed by atoms with van der Waals surface area (Å²) in [5.41, 5.74) is 0.655. The van der Waals surface area contributed by atoms with E-state index in [4.69, 9.17) is 0 Å². The zero-order valence-electron chi connectivity index (χ0n) is 13.7. The van der Waals surface area contributed by atoms with Gasteiger partial charge in [0.15, 0.2) is 0 Å². The van der Waals surface area contributed by atoms with E-state index in [1.165, 1.54) is 23.9 Å². The third-order valence-corrected chi connectivity index (χ3v) is 4.27. The third kappa shape index (κ3) is 4.55. The number of nitrogens with zero attached hydrogens (tertiary/aromatic N) is 3. The molecule has 1 aromatic carbocycles. The number of carbonyl (C=O) groups excluding carboxylic acids is 1. The van der Waals surface area contributed by atoms with Crippen LogP contribution >= 0.6 is 11.8 Å². The Morgan fingerprint density at radius 2 is 1.83 bits per heavy atom. The van der Waals surface area contributed by atoms with Crippen molar-refractivity contribution in [2.24, 2.45) is 4.99 Å². The Hall–Kier alpha value is -2.41. The fourth-order valence-corrected chi connectivity index (χ4v) is 3.00. The zero-order valence-corrected chi connectivity index (χ0v) is 14.6. The van der Waals surface area contributed by atoms with Crippen molar-refractivity contribution in [2.45, 2.75) is 37.0 Å². The van der Waals surface area contributed by atoms with Gasteiger partial charge in [-0.1, -0.05) is 6.07 Å². The molecule has 6 nitrogen and oxygen atoms in total. The molecule has 7 heteroatoms. The summed E-state index contributed by atoms with van der Waals surface area (Å²) in [6.45, 7) is 5.72. The highest BCUT2D eigenvalue weighted by Gasteiger charge is 2.17. The number of thioether (sulfide) groups is 1. The average Bonchev–Trinajstić information content (AvgIpc) is 2.54. The molecule has 1 heterocycles. The van der Waals surface area contributed by atoms with Crippen LogP contribution in [0.5, 0.6) is 0 Å². The van der Waals surface area contributed by atoms with Crippen molar-refractivity contribution in [1.29, 1.82) is 0 Å². The standard InChI is InChI=1S/C17H19N3O3S/c1-12(2)18-16-6-4-5-11-19(16)17(21)13(3)24-15-9-7-14(8-10-15)20(22)23/h4-13H,1-3H3. The van der Waals surface area contributed by atoms with Crippen molar-refractivity contribution >= 4 is 23.4 Å². The van der Waals surface area contributed by atoms with Crippen LogP contribution in [0.2, 0.25) is 0 Å². The van der Waals surface area contributed by atoms with Crippen molar-refractivity contribution in [3.63, 3.8) is 0 Å². The minimum Gasteiger partial charge on any atom is -0.273 e. The smallest absolute Gasteiger partial charge is 0.269 e. The van der Waals surface area contributed by atoms with Crippen LogP contribution in [0, 0.1) is 10.1 Å². The summed E-state index contributed by atoms with van der Waals surface area (Å²) in [6.07, 6.45) is 1.70. The molecule has 1 aromatic heterocycles. The maximum absolute atomic E-state index is 12.7. The van der Waals surface area contributed by atoms with E-state index in [0.717, 1.165) is 4.90 Å². The maximum Gasteiger partial charge on any atom is 0.269 e. The lowest BCUT2D eigenvalue weighted by atomic mass is 10.3. The molecule has 0 N–H and O–H groups in total. The number of aromatic nitrogens is 1. The fraction of sp³-hybridized carbons (Fsp3) is 0.294. The first-order chi connectivity index (χ1) is 11.4. The van der Waals surface area contributed by atoms with Gasteiger partial charge in [-0.15, -0.1) is 11.8 Å². The highest BCUT2D eigenvalue weighted by molar-refractivity contribution is 8.00. The Labute approximate surface area is 144 Å². The van der Waals surface area contributed by atoms with Crippen LogP contribution < -0.4 is 5.49 Å². The van der Waals surface area contributed by atoms with E-state index in [-0.39, 0.29) is 22.9 Å². The van der Waals surface area contributed by atoms with Crippen molar-refractivity contribution < 1.29 is 9.72 Å². The second-order valence-electron chi connectivity index (χ2n) is 5.50. The van der Waals surface area contributed by atoms with E-state index in [2.05, 4.69) is 4.99 Å². The Bertz CT molecular complexity index is 797. The number of nitro benzene ring substituents is 1. The number of pyridine rings is 1. The lowest BCUT2D eigenvalue weighted by molar-refractivity contribution is -0.384. The molecule has 126 valence electrons. The minimum absolute atomic E-state index is 0.0359. The normalized spacial score (nSPS) is 13.1. The molecule has 0 aliphatic rings. The lowest BCUT2D eigenvalue weighted by Crippen LogP contribution is -2.32. The molecule has 0 radical (unpaired) electrons. The van der Waals surface area contributed by atoms with Crippen LogP contribution in [-0.4, -0.2) is 26.7 Å². The van der Waals surface area contributed by atoms with E-state index >= 15 is 0 Å². The van der Waals surface area contributed by atoms with Crippen LogP contribution in [0.4, 0.5) is 5.69 Å². The summed E-state index contributed by atoms with van der Waals surface area (Å²) < 4.78 is 1.54. The first kappa shape index (κ1) is 17.9. The zero-order chi connectivity index (χ0) is 17.7. The predicted octanol–water partition coefficient (Wildman–Crippen LogP) is 3.53. The SMILES string of the molecule is CC(C)N=c1ccccn1C(=O)C(C)Sc1ccc([N+](=O)[O-])cc1. The van der Waals surface area contributed by atoms with Crippen LogP contribution in [0.25, 0.3) is 0 Å². The molecule has 0 saturated carbocycles. The highest BCUT2D eigenvalue weighted by Crippen LogP contribution is 2.26. The topological polar surface area (TPSA) is 77.5 Å². The van der Waals surface area contributed by atoms with E-state index in [1.807, 2.05) is 26.8 Å². The van der Waals surface area contributed by atoms with Gasteiger partial charge in [0.05, 0.1) is 10.2 Å². The van der Waals surface area contributed by atoms with E-state index in [9.17, 15) is 14.9 Å². The second kappa shape index (κ2) is 7.92. The largest absolute Gasteiger partial charge is 0.273 e. The Kier molecular flexibility index (Phi) is 5.92. The molecule has 0 bridgehead atoms. The quantitative estimate of drug-likeness (QED) is 0.472. The summed E-state index contributed by atoms with van der Waals surface area (Å²) in [4.78, 5) is 28.2. The molecule has 0 aliphatic heterocycles. The Morgan fingerprint density at radius 3 is 2.42 bits per heavy atom. The van der Waals surface area contributed by atoms with Crippen molar-refractivity contribution in [3.8, 4) is 0 Å². The molecular weight excluding hydrogens is 326 g/mol. The maximum atomic E-state index is 12.7. The molecule has 0 saturated heterocycles. The van der Waals surface area contributed by atoms with Crippen LogP contribution in [0.3, 0.4) is 0 Å². The summed E-state index contributed by atoms with van der Waals surface area (Å²) in [5, 5.41) is 10.3. The summed E-state index contributed by atoms with van der Waals surface area (Å²) in [6, 6.07) is 11.7. The van der Waals surface area contributed by atoms with Crippen LogP contribution in [0.1, 0.15) is 25.6 Å². The molecule has 0 fully saturated rings. The van der Waals surface area contributed by atoms with Gasteiger partial charge < -0.3 is 0 Å². The minimum atomic E-state index is -0.442.